The van der Waals surface area contributed by atoms with Crippen LogP contribution >= 0.6 is 11.3 Å². The van der Waals surface area contributed by atoms with E-state index in [2.05, 4.69) is 4.90 Å². The van der Waals surface area contributed by atoms with Crippen LogP contribution in [-0.4, -0.2) is 49.3 Å². The van der Waals surface area contributed by atoms with E-state index >= 15 is 0 Å². The quantitative estimate of drug-likeness (QED) is 0.830. The molecule has 0 saturated carbocycles. The summed E-state index contributed by atoms with van der Waals surface area (Å²) in [5.41, 5.74) is 0. The predicted molar refractivity (Wildman–Crippen MR) is 77.0 cm³/mol. The van der Waals surface area contributed by atoms with E-state index < -0.39 is 10.0 Å². The Balaban J connectivity index is 1.88. The molecule has 0 spiro atoms. The second kappa shape index (κ2) is 5.11. The molecule has 2 fully saturated rings. The topological polar surface area (TPSA) is 64.4 Å². The number of rotatable bonds is 2. The molecule has 1 aromatic heterocycles. The van der Waals surface area contributed by atoms with E-state index in [0.29, 0.717) is 17.5 Å². The summed E-state index contributed by atoms with van der Waals surface area (Å²) >= 11 is 1.06. The number of piperazine rings is 1. The Morgan fingerprint density at radius 1 is 1.40 bits per heavy atom. The molecule has 108 valence electrons. The van der Waals surface area contributed by atoms with Gasteiger partial charge < -0.3 is 0 Å². The average Bonchev–Trinajstić information content (AvgIpc) is 3.05. The lowest BCUT2D eigenvalue weighted by molar-refractivity contribution is 0.117. The van der Waals surface area contributed by atoms with Crippen molar-refractivity contribution in [2.75, 3.05) is 19.6 Å². The molecule has 0 aliphatic carbocycles. The molecule has 2 saturated heterocycles. The SMILES string of the molecule is CC1CN2CCCC2CN1S(=O)(=O)c1ccc(C#N)s1. The average molecular weight is 311 g/mol. The van der Waals surface area contributed by atoms with Crippen molar-refractivity contribution >= 4 is 21.4 Å². The maximum absolute atomic E-state index is 12.7. The molecule has 2 unspecified atom stereocenters. The zero-order valence-corrected chi connectivity index (χ0v) is 13.0. The highest BCUT2D eigenvalue weighted by Crippen LogP contribution is 2.31. The van der Waals surface area contributed by atoms with E-state index in [9.17, 15) is 8.42 Å². The lowest BCUT2D eigenvalue weighted by Gasteiger charge is -2.41. The summed E-state index contributed by atoms with van der Waals surface area (Å²) in [7, 11) is -3.47. The summed E-state index contributed by atoms with van der Waals surface area (Å²) in [6.45, 7) is 4.43. The molecule has 5 nitrogen and oxygen atoms in total. The minimum absolute atomic E-state index is 0.0121. The Labute approximate surface area is 123 Å². The lowest BCUT2D eigenvalue weighted by Crippen LogP contribution is -2.56. The van der Waals surface area contributed by atoms with Gasteiger partial charge in [0.15, 0.2) is 0 Å². The fourth-order valence-electron chi connectivity index (χ4n) is 3.13. The second-order valence-electron chi connectivity index (χ2n) is 5.45. The highest BCUT2D eigenvalue weighted by molar-refractivity contribution is 7.91. The van der Waals surface area contributed by atoms with Crippen molar-refractivity contribution in [3.8, 4) is 6.07 Å². The zero-order valence-electron chi connectivity index (χ0n) is 11.3. The molecule has 0 radical (unpaired) electrons. The van der Waals surface area contributed by atoms with Crippen molar-refractivity contribution in [3.63, 3.8) is 0 Å². The molecule has 2 aliphatic rings. The first-order chi connectivity index (χ1) is 9.52. The zero-order chi connectivity index (χ0) is 14.3. The largest absolute Gasteiger partial charge is 0.297 e. The second-order valence-corrected chi connectivity index (χ2v) is 8.65. The standard InChI is InChI=1S/C13H17N3O2S2/c1-10-8-15-6-2-3-11(15)9-16(10)20(17,18)13-5-4-12(7-14)19-13/h4-5,10-11H,2-3,6,8-9H2,1H3. The minimum atomic E-state index is -3.47. The number of nitriles is 1. The van der Waals surface area contributed by atoms with Crippen LogP contribution < -0.4 is 0 Å². The molecule has 20 heavy (non-hydrogen) atoms. The molecule has 7 heteroatoms. The van der Waals surface area contributed by atoms with Crippen LogP contribution in [0.3, 0.4) is 0 Å². The Hall–Kier alpha value is -0.940. The normalized spacial score (nSPS) is 28.2. The molecular formula is C13H17N3O2S2. The van der Waals surface area contributed by atoms with E-state index in [1.54, 1.807) is 16.4 Å². The summed E-state index contributed by atoms with van der Waals surface area (Å²) in [4.78, 5) is 2.84. The molecule has 0 aromatic carbocycles. The minimum Gasteiger partial charge on any atom is -0.297 e. The van der Waals surface area contributed by atoms with Crippen molar-refractivity contribution in [2.24, 2.45) is 0 Å². The molecular weight excluding hydrogens is 294 g/mol. The summed E-state index contributed by atoms with van der Waals surface area (Å²) in [5, 5.41) is 8.85. The molecule has 3 heterocycles. The van der Waals surface area contributed by atoms with Crippen molar-refractivity contribution in [1.29, 1.82) is 5.26 Å². The number of hydrogen-bond donors (Lipinski definition) is 0. The smallest absolute Gasteiger partial charge is 0.252 e. The molecule has 1 aromatic rings. The fourth-order valence-corrected chi connectivity index (χ4v) is 6.02. The first kappa shape index (κ1) is 14.0. The Morgan fingerprint density at radius 2 is 2.20 bits per heavy atom. The van der Waals surface area contributed by atoms with Gasteiger partial charge in [0.1, 0.15) is 15.2 Å². The van der Waals surface area contributed by atoms with Gasteiger partial charge in [-0.05, 0) is 38.4 Å². The molecule has 2 aliphatic heterocycles. The van der Waals surface area contributed by atoms with Gasteiger partial charge in [-0.1, -0.05) is 0 Å². The number of thiophene rings is 1. The van der Waals surface area contributed by atoms with E-state index in [1.807, 2.05) is 13.0 Å². The van der Waals surface area contributed by atoms with Gasteiger partial charge in [0.25, 0.3) is 10.0 Å². The van der Waals surface area contributed by atoms with Gasteiger partial charge in [-0.15, -0.1) is 11.3 Å². The van der Waals surface area contributed by atoms with Crippen LogP contribution in [0.5, 0.6) is 0 Å². The first-order valence-electron chi connectivity index (χ1n) is 6.78. The number of nitrogens with zero attached hydrogens (tertiary/aromatic N) is 3. The maximum atomic E-state index is 12.7. The number of sulfonamides is 1. The van der Waals surface area contributed by atoms with Crippen LogP contribution in [0.1, 0.15) is 24.6 Å². The van der Waals surface area contributed by atoms with Gasteiger partial charge in [0.05, 0.1) is 0 Å². The van der Waals surface area contributed by atoms with E-state index in [0.717, 1.165) is 37.3 Å². The third-order valence-corrected chi connectivity index (χ3v) is 7.57. The van der Waals surface area contributed by atoms with Gasteiger partial charge in [0.2, 0.25) is 0 Å². The van der Waals surface area contributed by atoms with Crippen molar-refractivity contribution in [1.82, 2.24) is 9.21 Å². The molecule has 0 N–H and O–H groups in total. The molecule has 0 amide bonds. The summed E-state index contributed by atoms with van der Waals surface area (Å²) < 4.78 is 27.3. The van der Waals surface area contributed by atoms with Crippen LogP contribution in [0.4, 0.5) is 0 Å². The van der Waals surface area contributed by atoms with E-state index in [4.69, 9.17) is 5.26 Å². The Bertz CT molecular complexity index is 647. The van der Waals surface area contributed by atoms with Gasteiger partial charge >= 0.3 is 0 Å². The summed E-state index contributed by atoms with van der Waals surface area (Å²) in [6.07, 6.45) is 2.23. The van der Waals surface area contributed by atoms with Crippen LogP contribution in [0.2, 0.25) is 0 Å². The Morgan fingerprint density at radius 3 is 2.90 bits per heavy atom. The highest BCUT2D eigenvalue weighted by Gasteiger charge is 2.40. The summed E-state index contributed by atoms with van der Waals surface area (Å²) in [6, 6.07) is 5.47. The van der Waals surface area contributed by atoms with Crippen molar-refractivity contribution < 1.29 is 8.42 Å². The van der Waals surface area contributed by atoms with Gasteiger partial charge in [-0.25, -0.2) is 8.42 Å². The maximum Gasteiger partial charge on any atom is 0.252 e. The monoisotopic (exact) mass is 311 g/mol. The van der Waals surface area contributed by atoms with Crippen molar-refractivity contribution in [3.05, 3.63) is 17.0 Å². The van der Waals surface area contributed by atoms with Gasteiger partial charge in [-0.2, -0.15) is 9.57 Å². The van der Waals surface area contributed by atoms with E-state index in [1.165, 1.54) is 0 Å². The van der Waals surface area contributed by atoms with Crippen molar-refractivity contribution in [2.45, 2.75) is 36.1 Å². The molecule has 0 bridgehead atoms. The Kier molecular flexibility index (Phi) is 3.58. The fraction of sp³-hybridized carbons (Fsp3) is 0.615. The first-order valence-corrected chi connectivity index (χ1v) is 9.04. The van der Waals surface area contributed by atoms with Crippen LogP contribution in [-0.2, 0) is 10.0 Å². The lowest BCUT2D eigenvalue weighted by atomic mass is 10.1. The number of fused-ring (bicyclic) bond motifs is 1. The van der Waals surface area contributed by atoms with Gasteiger partial charge in [-0.3, -0.25) is 4.90 Å². The van der Waals surface area contributed by atoms with E-state index in [-0.39, 0.29) is 10.3 Å². The van der Waals surface area contributed by atoms with Gasteiger partial charge in [0, 0.05) is 25.2 Å². The highest BCUT2D eigenvalue weighted by atomic mass is 32.2. The molecule has 3 rings (SSSR count). The van der Waals surface area contributed by atoms with Crippen LogP contribution in [0.15, 0.2) is 16.3 Å². The summed E-state index contributed by atoms with van der Waals surface area (Å²) in [5.74, 6) is 0. The third-order valence-electron chi connectivity index (χ3n) is 4.13. The van der Waals surface area contributed by atoms with Crippen LogP contribution in [0.25, 0.3) is 0 Å². The third kappa shape index (κ3) is 2.27. The number of hydrogen-bond acceptors (Lipinski definition) is 5. The molecule has 2 atom stereocenters. The predicted octanol–water partition coefficient (Wildman–Crippen LogP) is 1.48. The van der Waals surface area contributed by atoms with Crippen LogP contribution in [0, 0.1) is 11.3 Å².